The van der Waals surface area contributed by atoms with Crippen LogP contribution >= 0.6 is 23.4 Å². The van der Waals surface area contributed by atoms with Crippen molar-refractivity contribution in [1.29, 1.82) is 0 Å². The molecule has 2 heterocycles. The van der Waals surface area contributed by atoms with Gasteiger partial charge < -0.3 is 4.90 Å². The molecule has 2 aromatic carbocycles. The summed E-state index contributed by atoms with van der Waals surface area (Å²) in [5, 5.41) is -0.0281. The Labute approximate surface area is 175 Å². The molecular formula is C19H15ClF2N2O3S2. The normalized spacial score (nSPS) is 24.1. The zero-order valence-corrected chi connectivity index (χ0v) is 17.3. The molecule has 0 saturated carbocycles. The van der Waals surface area contributed by atoms with E-state index in [9.17, 15) is 22.0 Å². The molecule has 2 aliphatic rings. The van der Waals surface area contributed by atoms with Crippen molar-refractivity contribution in [2.45, 2.75) is 17.7 Å². The number of nitrogens with zero attached hydrogens (tertiary/aromatic N) is 2. The van der Waals surface area contributed by atoms with Crippen LogP contribution in [0.3, 0.4) is 0 Å². The van der Waals surface area contributed by atoms with Gasteiger partial charge in [0.15, 0.2) is 15.0 Å². The topological polar surface area (TPSA) is 66.8 Å². The molecule has 29 heavy (non-hydrogen) atoms. The van der Waals surface area contributed by atoms with Gasteiger partial charge in [-0.1, -0.05) is 35.5 Å². The lowest BCUT2D eigenvalue weighted by molar-refractivity contribution is -0.117. The maximum atomic E-state index is 13.6. The molecule has 2 fully saturated rings. The fourth-order valence-electron chi connectivity index (χ4n) is 3.42. The van der Waals surface area contributed by atoms with Crippen LogP contribution in [0.2, 0.25) is 5.02 Å². The lowest BCUT2D eigenvalue weighted by Gasteiger charge is -2.24. The maximum absolute atomic E-state index is 13.6. The molecule has 5 nitrogen and oxygen atoms in total. The molecule has 2 atom stereocenters. The number of hydrogen-bond acceptors (Lipinski definition) is 4. The van der Waals surface area contributed by atoms with E-state index in [2.05, 4.69) is 4.99 Å². The summed E-state index contributed by atoms with van der Waals surface area (Å²) in [5.74, 6) is -1.53. The summed E-state index contributed by atoms with van der Waals surface area (Å²) < 4.78 is 50.8. The second kappa shape index (κ2) is 7.70. The van der Waals surface area contributed by atoms with Crippen LogP contribution < -0.4 is 4.90 Å². The first-order chi connectivity index (χ1) is 13.7. The Kier molecular flexibility index (Phi) is 5.39. The summed E-state index contributed by atoms with van der Waals surface area (Å²) in [6, 6.07) is 9.20. The van der Waals surface area contributed by atoms with E-state index < -0.39 is 33.4 Å². The van der Waals surface area contributed by atoms with Crippen molar-refractivity contribution < 1.29 is 22.0 Å². The van der Waals surface area contributed by atoms with Gasteiger partial charge in [-0.05, 0) is 35.9 Å². The SMILES string of the molecule is O=C(Cc1ccc(F)cc1)N=C1S[C@H]2CS(=O)(=O)C[C@@H]2N1c1ccc(F)c(Cl)c1. The molecule has 2 aromatic rings. The first-order valence-corrected chi connectivity index (χ1v) is 11.8. The van der Waals surface area contributed by atoms with E-state index in [1.165, 1.54) is 54.2 Å². The number of hydrogen-bond donors (Lipinski definition) is 0. The molecule has 4 rings (SSSR count). The lowest BCUT2D eigenvalue weighted by atomic mass is 10.1. The van der Waals surface area contributed by atoms with Gasteiger partial charge in [0.25, 0.3) is 5.91 Å². The fraction of sp³-hybridized carbons (Fsp3) is 0.263. The molecule has 0 unspecified atom stereocenters. The van der Waals surface area contributed by atoms with E-state index >= 15 is 0 Å². The predicted octanol–water partition coefficient (Wildman–Crippen LogP) is 3.46. The first-order valence-electron chi connectivity index (χ1n) is 8.69. The van der Waals surface area contributed by atoms with Crippen LogP contribution in [0.25, 0.3) is 0 Å². The molecule has 0 spiro atoms. The fourth-order valence-corrected chi connectivity index (χ4v) is 7.53. The molecule has 2 aliphatic heterocycles. The van der Waals surface area contributed by atoms with E-state index in [1.54, 1.807) is 4.90 Å². The summed E-state index contributed by atoms with van der Waals surface area (Å²) in [7, 11) is -3.21. The van der Waals surface area contributed by atoms with Gasteiger partial charge in [-0.25, -0.2) is 17.2 Å². The first kappa shape index (κ1) is 20.3. The van der Waals surface area contributed by atoms with E-state index in [4.69, 9.17) is 11.6 Å². The summed E-state index contributed by atoms with van der Waals surface area (Å²) in [6.45, 7) is 0. The minimum absolute atomic E-state index is 0.0149. The predicted molar refractivity (Wildman–Crippen MR) is 110 cm³/mol. The average molecular weight is 457 g/mol. The van der Waals surface area contributed by atoms with Crippen molar-refractivity contribution in [2.75, 3.05) is 16.4 Å². The maximum Gasteiger partial charge on any atom is 0.252 e. The Hall–Kier alpha value is -1.97. The summed E-state index contributed by atoms with van der Waals surface area (Å²) in [5.41, 5.74) is 1.09. The van der Waals surface area contributed by atoms with Gasteiger partial charge in [0.05, 0.1) is 29.0 Å². The number of sulfone groups is 1. The van der Waals surface area contributed by atoms with Crippen LogP contribution in [0, 0.1) is 11.6 Å². The highest BCUT2D eigenvalue weighted by atomic mass is 35.5. The standard InChI is InChI=1S/C19H15ClF2N2O3S2/c20-14-8-13(5-6-15(14)22)24-16-9-29(26,27)10-17(16)28-19(24)23-18(25)7-11-1-3-12(21)4-2-11/h1-6,8,16-17H,7,9-10H2/t16-,17-/m0/s1. The van der Waals surface area contributed by atoms with Crippen LogP contribution in [-0.4, -0.2) is 42.3 Å². The van der Waals surface area contributed by atoms with Gasteiger partial charge in [0, 0.05) is 10.9 Å². The van der Waals surface area contributed by atoms with E-state index in [0.29, 0.717) is 16.4 Å². The molecule has 1 amide bonds. The third-order valence-corrected chi connectivity index (χ3v) is 8.24. The number of carbonyl (C=O) groups excluding carboxylic acids is 1. The molecule has 0 aliphatic carbocycles. The monoisotopic (exact) mass is 456 g/mol. The molecular weight excluding hydrogens is 442 g/mol. The third-order valence-electron chi connectivity index (χ3n) is 4.74. The van der Waals surface area contributed by atoms with Gasteiger partial charge in [0.2, 0.25) is 0 Å². The third kappa shape index (κ3) is 4.31. The minimum atomic E-state index is -3.21. The quantitative estimate of drug-likeness (QED) is 0.707. The van der Waals surface area contributed by atoms with Gasteiger partial charge in [-0.15, -0.1) is 0 Å². The summed E-state index contributed by atoms with van der Waals surface area (Å²) >= 11 is 7.12. The summed E-state index contributed by atoms with van der Waals surface area (Å²) in [4.78, 5) is 18.3. The highest BCUT2D eigenvalue weighted by Gasteiger charge is 2.49. The second-order valence-corrected chi connectivity index (χ2v) is 10.6. The van der Waals surface area contributed by atoms with Crippen LogP contribution in [0.15, 0.2) is 47.5 Å². The highest BCUT2D eigenvalue weighted by Crippen LogP contribution is 2.41. The molecule has 0 bridgehead atoms. The van der Waals surface area contributed by atoms with Crippen LogP contribution in [-0.2, 0) is 21.1 Å². The molecule has 0 radical (unpaired) electrons. The smallest absolute Gasteiger partial charge is 0.252 e. The number of carbonyl (C=O) groups is 1. The molecule has 0 aromatic heterocycles. The Bertz CT molecular complexity index is 1110. The molecule has 2 saturated heterocycles. The Balaban J connectivity index is 1.65. The number of benzene rings is 2. The minimum Gasteiger partial charge on any atom is -0.316 e. The van der Waals surface area contributed by atoms with Crippen molar-refractivity contribution in [3.63, 3.8) is 0 Å². The number of amides is 1. The van der Waals surface area contributed by atoms with Gasteiger partial charge >= 0.3 is 0 Å². The number of halogens is 3. The van der Waals surface area contributed by atoms with Crippen molar-refractivity contribution in [3.05, 3.63) is 64.7 Å². The zero-order valence-electron chi connectivity index (χ0n) is 14.9. The van der Waals surface area contributed by atoms with Gasteiger partial charge in [0.1, 0.15) is 11.6 Å². The van der Waals surface area contributed by atoms with Crippen molar-refractivity contribution in [2.24, 2.45) is 4.99 Å². The number of amidine groups is 1. The average Bonchev–Trinajstić information content (AvgIpc) is 3.10. The van der Waals surface area contributed by atoms with E-state index in [-0.39, 0.29) is 28.2 Å². The number of rotatable bonds is 3. The van der Waals surface area contributed by atoms with Crippen molar-refractivity contribution in [1.82, 2.24) is 0 Å². The molecule has 152 valence electrons. The number of fused-ring (bicyclic) bond motifs is 1. The van der Waals surface area contributed by atoms with Gasteiger partial charge in [-0.3, -0.25) is 4.79 Å². The van der Waals surface area contributed by atoms with E-state index in [0.717, 1.165) is 0 Å². The Morgan fingerprint density at radius 1 is 1.17 bits per heavy atom. The number of aliphatic imine (C=N–C) groups is 1. The largest absolute Gasteiger partial charge is 0.316 e. The Morgan fingerprint density at radius 2 is 1.90 bits per heavy atom. The second-order valence-electron chi connectivity index (χ2n) is 6.86. The zero-order chi connectivity index (χ0) is 20.8. The van der Waals surface area contributed by atoms with Crippen LogP contribution in [0.4, 0.5) is 14.5 Å². The highest BCUT2D eigenvalue weighted by molar-refractivity contribution is 8.16. The summed E-state index contributed by atoms with van der Waals surface area (Å²) in [6.07, 6.45) is -0.0179. The van der Waals surface area contributed by atoms with Crippen molar-refractivity contribution >= 4 is 50.0 Å². The Morgan fingerprint density at radius 3 is 2.59 bits per heavy atom. The number of anilines is 1. The van der Waals surface area contributed by atoms with E-state index in [1.807, 2.05) is 0 Å². The van der Waals surface area contributed by atoms with Crippen molar-refractivity contribution in [3.8, 4) is 0 Å². The molecule has 0 N–H and O–H groups in total. The van der Waals surface area contributed by atoms with Crippen LogP contribution in [0.5, 0.6) is 0 Å². The molecule has 10 heteroatoms. The number of thioether (sulfide) groups is 1. The lowest BCUT2D eigenvalue weighted by Crippen LogP contribution is -2.37. The van der Waals surface area contributed by atoms with Crippen LogP contribution in [0.1, 0.15) is 5.56 Å². The van der Waals surface area contributed by atoms with Gasteiger partial charge in [-0.2, -0.15) is 4.99 Å².